The molecular weight excluding hydrogens is 274 g/mol. The van der Waals surface area contributed by atoms with E-state index in [1.165, 1.54) is 0 Å². The number of halogens is 1. The number of fused-ring (bicyclic) bond motifs is 1. The highest BCUT2D eigenvalue weighted by atomic mass is 35.5. The van der Waals surface area contributed by atoms with Crippen LogP contribution in [-0.2, 0) is 0 Å². The van der Waals surface area contributed by atoms with E-state index in [2.05, 4.69) is 15.5 Å². The summed E-state index contributed by atoms with van der Waals surface area (Å²) in [7, 11) is 1.61. The maximum atomic E-state index is 11.5. The first-order valence-corrected chi connectivity index (χ1v) is 6.52. The van der Waals surface area contributed by atoms with Gasteiger partial charge in [0.1, 0.15) is 0 Å². The van der Waals surface area contributed by atoms with Crippen LogP contribution >= 0.6 is 11.6 Å². The number of rotatable bonds is 2. The zero-order valence-corrected chi connectivity index (χ0v) is 11.5. The molecule has 0 radical (unpaired) electrons. The van der Waals surface area contributed by atoms with Crippen LogP contribution in [0.1, 0.15) is 10.4 Å². The average molecular weight is 286 g/mol. The third-order valence-electron chi connectivity index (χ3n) is 3.21. The van der Waals surface area contributed by atoms with Gasteiger partial charge in [0.2, 0.25) is 0 Å². The minimum Gasteiger partial charge on any atom is -0.355 e. The lowest BCUT2D eigenvalue weighted by Gasteiger charge is -2.06. The third-order valence-corrected chi connectivity index (χ3v) is 3.43. The molecule has 100 valence electrons. The molecule has 5 heteroatoms. The van der Waals surface area contributed by atoms with E-state index >= 15 is 0 Å². The first kappa shape index (κ1) is 12.7. The molecule has 1 heterocycles. The van der Waals surface area contributed by atoms with Crippen LogP contribution in [0.2, 0.25) is 5.02 Å². The van der Waals surface area contributed by atoms with Gasteiger partial charge in [-0.1, -0.05) is 23.7 Å². The van der Waals surface area contributed by atoms with Crippen molar-refractivity contribution in [3.63, 3.8) is 0 Å². The Kier molecular flexibility index (Phi) is 3.16. The minimum absolute atomic E-state index is 0.101. The molecule has 2 aromatic carbocycles. The number of benzene rings is 2. The van der Waals surface area contributed by atoms with Crippen molar-refractivity contribution in [1.82, 2.24) is 15.5 Å². The molecular formula is C15H12ClN3O. The van der Waals surface area contributed by atoms with Gasteiger partial charge < -0.3 is 5.32 Å². The molecule has 2 N–H and O–H groups in total. The smallest absolute Gasteiger partial charge is 0.251 e. The van der Waals surface area contributed by atoms with Gasteiger partial charge in [0, 0.05) is 23.0 Å². The van der Waals surface area contributed by atoms with Crippen LogP contribution in [0.15, 0.2) is 42.6 Å². The second-order valence-corrected chi connectivity index (χ2v) is 4.88. The number of aromatic nitrogens is 2. The molecule has 0 aliphatic heterocycles. The summed E-state index contributed by atoms with van der Waals surface area (Å²) in [5.41, 5.74) is 3.50. The minimum atomic E-state index is -0.101. The quantitative estimate of drug-likeness (QED) is 0.759. The van der Waals surface area contributed by atoms with Crippen molar-refractivity contribution >= 4 is 28.4 Å². The van der Waals surface area contributed by atoms with Crippen LogP contribution in [0.4, 0.5) is 0 Å². The van der Waals surface area contributed by atoms with Crippen LogP contribution in [-0.4, -0.2) is 23.2 Å². The van der Waals surface area contributed by atoms with E-state index in [1.54, 1.807) is 25.4 Å². The van der Waals surface area contributed by atoms with Crippen LogP contribution in [0.25, 0.3) is 22.0 Å². The third kappa shape index (κ3) is 2.14. The van der Waals surface area contributed by atoms with Crippen molar-refractivity contribution in [1.29, 1.82) is 0 Å². The van der Waals surface area contributed by atoms with Crippen molar-refractivity contribution in [2.24, 2.45) is 0 Å². The standard InChI is InChI=1S/C15H12ClN3O/c1-17-15(20)10-4-2-9(3-5-10)12-6-11(16)7-14-13(12)8-18-19-14/h2-8H,1H3,(H,17,20)(H,18,19). The van der Waals surface area contributed by atoms with E-state index < -0.39 is 0 Å². The van der Waals surface area contributed by atoms with E-state index in [9.17, 15) is 4.79 Å². The second-order valence-electron chi connectivity index (χ2n) is 4.44. The fraction of sp³-hybridized carbons (Fsp3) is 0.0667. The molecule has 1 amide bonds. The molecule has 4 nitrogen and oxygen atoms in total. The first-order chi connectivity index (χ1) is 9.69. The van der Waals surface area contributed by atoms with Gasteiger partial charge in [-0.3, -0.25) is 9.89 Å². The highest BCUT2D eigenvalue weighted by molar-refractivity contribution is 6.31. The molecule has 3 aromatic rings. The number of hydrogen-bond acceptors (Lipinski definition) is 2. The zero-order chi connectivity index (χ0) is 14.1. The van der Waals surface area contributed by atoms with Gasteiger partial charge in [-0.15, -0.1) is 0 Å². The predicted octanol–water partition coefficient (Wildman–Crippen LogP) is 3.24. The lowest BCUT2D eigenvalue weighted by molar-refractivity contribution is 0.0963. The molecule has 0 bridgehead atoms. The normalized spacial score (nSPS) is 10.7. The number of nitrogens with one attached hydrogen (secondary N) is 2. The van der Waals surface area contributed by atoms with Gasteiger partial charge in [-0.2, -0.15) is 5.10 Å². The van der Waals surface area contributed by atoms with Crippen molar-refractivity contribution in [2.45, 2.75) is 0 Å². The Labute approximate surface area is 120 Å². The fourth-order valence-electron chi connectivity index (χ4n) is 2.20. The van der Waals surface area contributed by atoms with Gasteiger partial charge in [0.15, 0.2) is 0 Å². The Morgan fingerprint density at radius 2 is 2.00 bits per heavy atom. The second kappa shape index (κ2) is 4.98. The number of aromatic amines is 1. The molecule has 3 rings (SSSR count). The lowest BCUT2D eigenvalue weighted by atomic mass is 10.0. The van der Waals surface area contributed by atoms with Gasteiger partial charge >= 0.3 is 0 Å². The Morgan fingerprint density at radius 3 is 2.70 bits per heavy atom. The molecule has 0 aliphatic carbocycles. The summed E-state index contributed by atoms with van der Waals surface area (Å²) < 4.78 is 0. The van der Waals surface area contributed by atoms with Crippen molar-refractivity contribution in [3.8, 4) is 11.1 Å². The van der Waals surface area contributed by atoms with Crippen LogP contribution in [0, 0.1) is 0 Å². The molecule has 20 heavy (non-hydrogen) atoms. The summed E-state index contributed by atoms with van der Waals surface area (Å²) in [6.45, 7) is 0. The van der Waals surface area contributed by atoms with Crippen molar-refractivity contribution in [2.75, 3.05) is 7.05 Å². The number of hydrogen-bond donors (Lipinski definition) is 2. The predicted molar refractivity (Wildman–Crippen MR) is 79.9 cm³/mol. The number of carbonyl (C=O) groups is 1. The zero-order valence-electron chi connectivity index (χ0n) is 10.8. The number of amides is 1. The fourth-order valence-corrected chi connectivity index (χ4v) is 2.42. The van der Waals surface area contributed by atoms with Crippen LogP contribution in [0.3, 0.4) is 0 Å². The molecule has 0 atom stereocenters. The number of nitrogens with zero attached hydrogens (tertiary/aromatic N) is 1. The van der Waals surface area contributed by atoms with Crippen LogP contribution in [0.5, 0.6) is 0 Å². The van der Waals surface area contributed by atoms with E-state index in [0.29, 0.717) is 10.6 Å². The summed E-state index contributed by atoms with van der Waals surface area (Å²) in [4.78, 5) is 11.5. The summed E-state index contributed by atoms with van der Waals surface area (Å²) in [6, 6.07) is 11.1. The van der Waals surface area contributed by atoms with Crippen LogP contribution < -0.4 is 5.32 Å². The Hall–Kier alpha value is -2.33. The highest BCUT2D eigenvalue weighted by Gasteiger charge is 2.09. The van der Waals surface area contributed by atoms with Gasteiger partial charge in [0.05, 0.1) is 11.7 Å². The largest absolute Gasteiger partial charge is 0.355 e. The first-order valence-electron chi connectivity index (χ1n) is 6.14. The molecule has 0 fully saturated rings. The Morgan fingerprint density at radius 1 is 1.25 bits per heavy atom. The average Bonchev–Trinajstić information content (AvgIpc) is 2.94. The maximum Gasteiger partial charge on any atom is 0.251 e. The molecule has 0 aliphatic rings. The van der Waals surface area contributed by atoms with Gasteiger partial charge in [-0.25, -0.2) is 0 Å². The van der Waals surface area contributed by atoms with Gasteiger partial charge in [-0.05, 0) is 35.4 Å². The van der Waals surface area contributed by atoms with E-state index in [1.807, 2.05) is 24.3 Å². The van der Waals surface area contributed by atoms with Crippen molar-refractivity contribution < 1.29 is 4.79 Å². The van der Waals surface area contributed by atoms with E-state index in [-0.39, 0.29) is 5.91 Å². The summed E-state index contributed by atoms with van der Waals surface area (Å²) in [5, 5.41) is 11.2. The Bertz CT molecular complexity index is 777. The Balaban J connectivity index is 2.11. The van der Waals surface area contributed by atoms with E-state index in [4.69, 9.17) is 11.6 Å². The maximum absolute atomic E-state index is 11.5. The number of H-pyrrole nitrogens is 1. The topological polar surface area (TPSA) is 57.8 Å². The highest BCUT2D eigenvalue weighted by Crippen LogP contribution is 2.31. The van der Waals surface area contributed by atoms with Gasteiger partial charge in [0.25, 0.3) is 5.91 Å². The van der Waals surface area contributed by atoms with E-state index in [0.717, 1.165) is 22.0 Å². The summed E-state index contributed by atoms with van der Waals surface area (Å²) in [5.74, 6) is -0.101. The van der Waals surface area contributed by atoms with Crippen molar-refractivity contribution in [3.05, 3.63) is 53.2 Å². The molecule has 0 spiro atoms. The monoisotopic (exact) mass is 285 g/mol. The molecule has 0 unspecified atom stereocenters. The lowest BCUT2D eigenvalue weighted by Crippen LogP contribution is -2.17. The molecule has 1 aromatic heterocycles. The summed E-state index contributed by atoms with van der Waals surface area (Å²) in [6.07, 6.45) is 1.77. The molecule has 0 saturated heterocycles. The molecule has 0 saturated carbocycles. The SMILES string of the molecule is CNC(=O)c1ccc(-c2cc(Cl)cc3[nH]ncc23)cc1. The summed E-state index contributed by atoms with van der Waals surface area (Å²) >= 11 is 6.12. The number of carbonyl (C=O) groups excluding carboxylic acids is 1.